The van der Waals surface area contributed by atoms with Gasteiger partial charge in [-0.3, -0.25) is 9.59 Å². The molecule has 0 aromatic carbocycles. The van der Waals surface area contributed by atoms with Gasteiger partial charge in [-0.1, -0.05) is 20.8 Å². The van der Waals surface area contributed by atoms with Gasteiger partial charge in [0.15, 0.2) is 5.65 Å². The Morgan fingerprint density at radius 3 is 2.68 bits per heavy atom. The van der Waals surface area contributed by atoms with Crippen LogP contribution in [-0.2, 0) is 6.54 Å². The van der Waals surface area contributed by atoms with Gasteiger partial charge in [0.05, 0.1) is 33.5 Å². The Morgan fingerprint density at radius 2 is 1.97 bits per heavy atom. The number of aromatic nitrogens is 5. The lowest BCUT2D eigenvalue weighted by molar-refractivity contribution is 0.0909. The molecule has 3 N–H and O–H groups in total. The van der Waals surface area contributed by atoms with Crippen molar-refractivity contribution in [2.75, 3.05) is 0 Å². The summed E-state index contributed by atoms with van der Waals surface area (Å²) in [4.78, 5) is 43.1. The van der Waals surface area contributed by atoms with E-state index in [4.69, 9.17) is 4.98 Å². The van der Waals surface area contributed by atoms with Gasteiger partial charge in [-0.05, 0) is 31.4 Å². The van der Waals surface area contributed by atoms with Crippen molar-refractivity contribution in [3.8, 4) is 10.6 Å². The van der Waals surface area contributed by atoms with Gasteiger partial charge in [0.25, 0.3) is 11.8 Å². The number of amides is 2. The standard InChI is InChI=1S/C24H29N7O2S/c1-14(12-31-9-8-25-13-31)28-23(33)19-7-6-18(34-19)17-11-27-21-20(30-17)16(10-26-21)22(32)29-15(2)24(3,4)5/h6-11,13-15H,12H2,1-5H3,(H,26,27)(H,28,33)(H,29,32)/t14?,15-/m0/s1. The summed E-state index contributed by atoms with van der Waals surface area (Å²) in [7, 11) is 0. The quantitative estimate of drug-likeness (QED) is 0.372. The molecule has 4 aromatic heterocycles. The molecule has 0 aliphatic rings. The van der Waals surface area contributed by atoms with Crippen molar-refractivity contribution in [3.05, 3.63) is 53.7 Å². The Labute approximate surface area is 202 Å². The molecule has 4 heterocycles. The first kappa shape index (κ1) is 23.6. The third kappa shape index (κ3) is 5.17. The van der Waals surface area contributed by atoms with E-state index in [1.807, 2.05) is 30.7 Å². The summed E-state index contributed by atoms with van der Waals surface area (Å²) in [5.74, 6) is -0.339. The molecule has 0 aliphatic heterocycles. The molecule has 2 atom stereocenters. The van der Waals surface area contributed by atoms with Gasteiger partial charge in [0.1, 0.15) is 5.52 Å². The number of nitrogens with one attached hydrogen (secondary N) is 3. The number of hydrogen-bond acceptors (Lipinski definition) is 6. The van der Waals surface area contributed by atoms with E-state index < -0.39 is 0 Å². The van der Waals surface area contributed by atoms with Crippen molar-refractivity contribution < 1.29 is 9.59 Å². The van der Waals surface area contributed by atoms with Gasteiger partial charge in [-0.15, -0.1) is 11.3 Å². The molecule has 178 valence electrons. The highest BCUT2D eigenvalue weighted by Crippen LogP contribution is 2.28. The van der Waals surface area contributed by atoms with Crippen LogP contribution in [-0.4, -0.2) is 48.4 Å². The van der Waals surface area contributed by atoms with E-state index >= 15 is 0 Å². The molecule has 0 saturated heterocycles. The molecule has 0 radical (unpaired) electrons. The first-order valence-electron chi connectivity index (χ1n) is 11.1. The number of nitrogens with zero attached hydrogens (tertiary/aromatic N) is 4. The lowest BCUT2D eigenvalue weighted by Crippen LogP contribution is -2.41. The number of carbonyl (C=O) groups is 2. The normalized spacial score (nSPS) is 13.6. The van der Waals surface area contributed by atoms with Crippen LogP contribution in [0.4, 0.5) is 0 Å². The zero-order valence-electron chi connectivity index (χ0n) is 19.9. The lowest BCUT2D eigenvalue weighted by atomic mass is 9.88. The van der Waals surface area contributed by atoms with Crippen molar-refractivity contribution in [1.82, 2.24) is 35.1 Å². The molecule has 0 spiro atoms. The topological polar surface area (TPSA) is 118 Å². The van der Waals surface area contributed by atoms with Crippen LogP contribution >= 0.6 is 11.3 Å². The highest BCUT2D eigenvalue weighted by Gasteiger charge is 2.24. The highest BCUT2D eigenvalue weighted by atomic mass is 32.1. The molecule has 34 heavy (non-hydrogen) atoms. The monoisotopic (exact) mass is 479 g/mol. The average molecular weight is 480 g/mol. The number of aromatic amines is 1. The number of fused-ring (bicyclic) bond motifs is 1. The average Bonchev–Trinajstić information content (AvgIpc) is 3.52. The molecule has 2 amide bonds. The summed E-state index contributed by atoms with van der Waals surface area (Å²) in [6, 6.07) is 3.56. The fourth-order valence-corrected chi connectivity index (χ4v) is 4.19. The van der Waals surface area contributed by atoms with Gasteiger partial charge in [0, 0.05) is 37.2 Å². The Bertz CT molecular complexity index is 1300. The molecule has 1 unspecified atom stereocenters. The summed E-state index contributed by atoms with van der Waals surface area (Å²) in [5.41, 5.74) is 2.04. The van der Waals surface area contributed by atoms with Crippen LogP contribution in [0.1, 0.15) is 54.6 Å². The number of hydrogen-bond donors (Lipinski definition) is 3. The maximum atomic E-state index is 12.9. The second-order valence-corrected chi connectivity index (χ2v) is 10.6. The predicted molar refractivity (Wildman–Crippen MR) is 133 cm³/mol. The Hall–Kier alpha value is -3.53. The fraction of sp³-hybridized carbons (Fsp3) is 0.375. The lowest BCUT2D eigenvalue weighted by Gasteiger charge is -2.27. The maximum absolute atomic E-state index is 12.9. The second-order valence-electron chi connectivity index (χ2n) is 9.51. The van der Waals surface area contributed by atoms with Gasteiger partial charge in [-0.25, -0.2) is 15.0 Å². The summed E-state index contributed by atoms with van der Waals surface area (Å²) < 4.78 is 1.92. The van der Waals surface area contributed by atoms with E-state index in [1.165, 1.54) is 11.3 Å². The largest absolute Gasteiger partial charge is 0.349 e. The fourth-order valence-electron chi connectivity index (χ4n) is 3.32. The third-order valence-electron chi connectivity index (χ3n) is 5.78. The molecule has 9 nitrogen and oxygen atoms in total. The smallest absolute Gasteiger partial charge is 0.261 e. The van der Waals surface area contributed by atoms with Crippen molar-refractivity contribution in [2.24, 2.45) is 5.41 Å². The maximum Gasteiger partial charge on any atom is 0.261 e. The van der Waals surface area contributed by atoms with Gasteiger partial charge in [-0.2, -0.15) is 0 Å². The number of H-pyrrole nitrogens is 1. The van der Waals surface area contributed by atoms with E-state index in [0.29, 0.717) is 33.8 Å². The molecular formula is C24H29N7O2S. The van der Waals surface area contributed by atoms with Crippen LogP contribution in [0.5, 0.6) is 0 Å². The predicted octanol–water partition coefficient (Wildman–Crippen LogP) is 3.87. The van der Waals surface area contributed by atoms with Crippen molar-refractivity contribution in [2.45, 2.75) is 53.2 Å². The van der Waals surface area contributed by atoms with Crippen molar-refractivity contribution >= 4 is 34.3 Å². The minimum Gasteiger partial charge on any atom is -0.349 e. The number of thiophene rings is 1. The Kier molecular flexibility index (Phi) is 6.52. The molecule has 4 aromatic rings. The minimum atomic E-state index is -0.196. The van der Waals surface area contributed by atoms with Crippen LogP contribution < -0.4 is 10.6 Å². The number of carbonyl (C=O) groups excluding carboxylic acids is 2. The molecule has 0 saturated carbocycles. The van der Waals surface area contributed by atoms with Crippen LogP contribution in [0.25, 0.3) is 21.7 Å². The molecule has 0 aliphatic carbocycles. The van der Waals surface area contributed by atoms with Gasteiger partial charge in [0.2, 0.25) is 0 Å². The Morgan fingerprint density at radius 1 is 1.18 bits per heavy atom. The summed E-state index contributed by atoms with van der Waals surface area (Å²) in [6.07, 6.45) is 8.57. The first-order valence-corrected chi connectivity index (χ1v) is 12.0. The summed E-state index contributed by atoms with van der Waals surface area (Å²) in [5, 5.41) is 6.05. The molecular weight excluding hydrogens is 450 g/mol. The van der Waals surface area contributed by atoms with E-state index in [0.717, 1.165) is 4.88 Å². The SMILES string of the molecule is CC(Cn1ccnc1)NC(=O)c1ccc(-c2cnc3[nH]cc(C(=O)N[C@@H](C)C(C)(C)C)c3n2)s1. The highest BCUT2D eigenvalue weighted by molar-refractivity contribution is 7.17. The van der Waals surface area contributed by atoms with Crippen LogP contribution in [0.2, 0.25) is 0 Å². The van der Waals surface area contributed by atoms with Crippen molar-refractivity contribution in [3.63, 3.8) is 0 Å². The zero-order valence-corrected chi connectivity index (χ0v) is 20.7. The van der Waals surface area contributed by atoms with Gasteiger partial charge < -0.3 is 20.2 Å². The third-order valence-corrected chi connectivity index (χ3v) is 6.88. The molecule has 0 bridgehead atoms. The molecule has 4 rings (SSSR count). The van der Waals surface area contributed by atoms with Gasteiger partial charge >= 0.3 is 0 Å². The first-order chi connectivity index (χ1) is 16.1. The van der Waals surface area contributed by atoms with Crippen molar-refractivity contribution in [1.29, 1.82) is 0 Å². The van der Waals surface area contributed by atoms with Crippen LogP contribution in [0.3, 0.4) is 0 Å². The van der Waals surface area contributed by atoms with E-state index in [1.54, 1.807) is 31.0 Å². The second kappa shape index (κ2) is 9.38. The van der Waals surface area contributed by atoms with E-state index in [9.17, 15) is 9.59 Å². The van der Waals surface area contributed by atoms with Crippen LogP contribution in [0.15, 0.2) is 43.2 Å². The number of rotatable bonds is 7. The minimum absolute atomic E-state index is 0.0179. The molecule has 10 heteroatoms. The Balaban J connectivity index is 1.50. The summed E-state index contributed by atoms with van der Waals surface area (Å²) >= 11 is 1.34. The number of imidazole rings is 1. The van der Waals surface area contributed by atoms with Crippen LogP contribution in [0, 0.1) is 5.41 Å². The van der Waals surface area contributed by atoms with E-state index in [-0.39, 0.29) is 29.3 Å². The zero-order chi connectivity index (χ0) is 24.5. The molecule has 0 fully saturated rings. The summed E-state index contributed by atoms with van der Waals surface area (Å²) in [6.45, 7) is 10.8. The van der Waals surface area contributed by atoms with E-state index in [2.05, 4.69) is 46.4 Å².